The van der Waals surface area contributed by atoms with Gasteiger partial charge in [-0.25, -0.2) is 4.98 Å². The van der Waals surface area contributed by atoms with E-state index in [0.717, 1.165) is 29.7 Å². The van der Waals surface area contributed by atoms with Gasteiger partial charge in [0.2, 0.25) is 0 Å². The van der Waals surface area contributed by atoms with E-state index in [1.807, 2.05) is 24.3 Å². The number of nitrogens with one attached hydrogen (secondary N) is 2. The first-order chi connectivity index (χ1) is 12.1. The number of nitrogens with zero attached hydrogens (tertiary/aromatic N) is 1. The summed E-state index contributed by atoms with van der Waals surface area (Å²) in [6.07, 6.45) is 1.02. The molecule has 25 heavy (non-hydrogen) atoms. The minimum Gasteiger partial charge on any atom is -0.481 e. The SMILES string of the molecule is CC(Oc1ccc(Cl)cc1)C(=O)NCCCc1nc2ccccc2[nH]1. The molecule has 0 aliphatic rings. The van der Waals surface area contributed by atoms with Crippen LogP contribution in [-0.4, -0.2) is 28.5 Å². The molecule has 0 aliphatic carbocycles. The molecule has 1 heterocycles. The minimum atomic E-state index is -0.563. The molecule has 3 aromatic rings. The number of rotatable bonds is 7. The molecule has 0 saturated carbocycles. The number of amides is 1. The summed E-state index contributed by atoms with van der Waals surface area (Å²) in [7, 11) is 0. The average Bonchev–Trinajstić information content (AvgIpc) is 3.03. The zero-order valence-electron chi connectivity index (χ0n) is 14.0. The molecule has 0 bridgehead atoms. The molecule has 3 rings (SSSR count). The summed E-state index contributed by atoms with van der Waals surface area (Å²) >= 11 is 5.83. The molecule has 2 N–H and O–H groups in total. The lowest BCUT2D eigenvalue weighted by Crippen LogP contribution is -2.36. The zero-order chi connectivity index (χ0) is 17.6. The molecule has 0 radical (unpaired) electrons. The van der Waals surface area contributed by atoms with Crippen molar-refractivity contribution < 1.29 is 9.53 Å². The number of halogens is 1. The van der Waals surface area contributed by atoms with Gasteiger partial charge in [0.25, 0.3) is 5.91 Å². The molecule has 130 valence electrons. The lowest BCUT2D eigenvalue weighted by atomic mass is 10.3. The van der Waals surface area contributed by atoms with Gasteiger partial charge in [-0.05, 0) is 49.7 Å². The highest BCUT2D eigenvalue weighted by Gasteiger charge is 2.14. The number of H-pyrrole nitrogens is 1. The van der Waals surface area contributed by atoms with Crippen LogP contribution in [0, 0.1) is 0 Å². The van der Waals surface area contributed by atoms with Crippen LogP contribution in [0.2, 0.25) is 5.02 Å². The monoisotopic (exact) mass is 357 g/mol. The third-order valence-electron chi connectivity index (χ3n) is 3.82. The Labute approximate surface area is 151 Å². The molecule has 1 amide bonds. The number of hydrogen-bond donors (Lipinski definition) is 2. The lowest BCUT2D eigenvalue weighted by Gasteiger charge is -2.14. The highest BCUT2D eigenvalue weighted by molar-refractivity contribution is 6.30. The summed E-state index contributed by atoms with van der Waals surface area (Å²) in [4.78, 5) is 19.9. The predicted octanol–water partition coefficient (Wildman–Crippen LogP) is 3.73. The Kier molecular flexibility index (Phi) is 5.56. The predicted molar refractivity (Wildman–Crippen MR) is 99.0 cm³/mol. The Morgan fingerprint density at radius 3 is 2.76 bits per heavy atom. The van der Waals surface area contributed by atoms with Crippen molar-refractivity contribution in [2.45, 2.75) is 25.9 Å². The fourth-order valence-corrected chi connectivity index (χ4v) is 2.63. The van der Waals surface area contributed by atoms with E-state index in [-0.39, 0.29) is 5.91 Å². The van der Waals surface area contributed by atoms with Crippen molar-refractivity contribution in [3.05, 3.63) is 59.4 Å². The molecule has 0 fully saturated rings. The molecule has 0 aliphatic heterocycles. The fraction of sp³-hybridized carbons (Fsp3) is 0.263. The molecular formula is C19H20ClN3O2. The second-order valence-electron chi connectivity index (χ2n) is 5.81. The Hall–Kier alpha value is -2.53. The van der Waals surface area contributed by atoms with Crippen molar-refractivity contribution in [1.82, 2.24) is 15.3 Å². The molecule has 1 atom stereocenters. The summed E-state index contributed by atoms with van der Waals surface area (Å²) in [6, 6.07) is 14.9. The van der Waals surface area contributed by atoms with Crippen molar-refractivity contribution in [3.63, 3.8) is 0 Å². The van der Waals surface area contributed by atoms with Crippen LogP contribution in [0.4, 0.5) is 0 Å². The number of para-hydroxylation sites is 2. The molecule has 1 unspecified atom stereocenters. The van der Waals surface area contributed by atoms with Gasteiger partial charge in [-0.2, -0.15) is 0 Å². The van der Waals surface area contributed by atoms with Crippen LogP contribution < -0.4 is 10.1 Å². The minimum absolute atomic E-state index is 0.139. The van der Waals surface area contributed by atoms with E-state index in [1.54, 1.807) is 31.2 Å². The summed E-state index contributed by atoms with van der Waals surface area (Å²) in [5, 5.41) is 3.52. The smallest absolute Gasteiger partial charge is 0.260 e. The first-order valence-corrected chi connectivity index (χ1v) is 8.63. The number of aromatic amines is 1. The van der Waals surface area contributed by atoms with Crippen LogP contribution in [0.1, 0.15) is 19.2 Å². The molecule has 6 heteroatoms. The number of fused-ring (bicyclic) bond motifs is 1. The van der Waals surface area contributed by atoms with Gasteiger partial charge in [0.1, 0.15) is 11.6 Å². The number of carbonyl (C=O) groups excluding carboxylic acids is 1. The normalized spacial score (nSPS) is 12.1. The number of hydrogen-bond acceptors (Lipinski definition) is 3. The van der Waals surface area contributed by atoms with Gasteiger partial charge in [0.05, 0.1) is 11.0 Å². The largest absolute Gasteiger partial charge is 0.481 e. The van der Waals surface area contributed by atoms with Gasteiger partial charge < -0.3 is 15.0 Å². The van der Waals surface area contributed by atoms with Crippen LogP contribution in [0.15, 0.2) is 48.5 Å². The molecule has 1 aromatic heterocycles. The van der Waals surface area contributed by atoms with Gasteiger partial charge in [-0.15, -0.1) is 0 Å². The van der Waals surface area contributed by atoms with E-state index in [1.165, 1.54) is 0 Å². The maximum absolute atomic E-state index is 12.1. The summed E-state index contributed by atoms with van der Waals surface area (Å²) in [5.74, 6) is 1.41. The third-order valence-corrected chi connectivity index (χ3v) is 4.08. The summed E-state index contributed by atoms with van der Waals surface area (Å²) < 4.78 is 5.60. The van der Waals surface area contributed by atoms with E-state index >= 15 is 0 Å². The van der Waals surface area contributed by atoms with Crippen LogP contribution >= 0.6 is 11.6 Å². The van der Waals surface area contributed by atoms with E-state index in [2.05, 4.69) is 15.3 Å². The second-order valence-corrected chi connectivity index (χ2v) is 6.25. The van der Waals surface area contributed by atoms with Gasteiger partial charge in [-0.1, -0.05) is 23.7 Å². The van der Waals surface area contributed by atoms with Crippen molar-refractivity contribution >= 4 is 28.5 Å². The van der Waals surface area contributed by atoms with Crippen molar-refractivity contribution in [1.29, 1.82) is 0 Å². The van der Waals surface area contributed by atoms with Crippen molar-refractivity contribution in [3.8, 4) is 5.75 Å². The first kappa shape index (κ1) is 17.3. The second kappa shape index (κ2) is 8.03. The summed E-state index contributed by atoms with van der Waals surface area (Å²) in [5.41, 5.74) is 2.00. The fourth-order valence-electron chi connectivity index (χ4n) is 2.51. The zero-order valence-corrected chi connectivity index (χ0v) is 14.7. The Morgan fingerprint density at radius 2 is 2.00 bits per heavy atom. The van der Waals surface area contributed by atoms with Crippen LogP contribution in [-0.2, 0) is 11.2 Å². The van der Waals surface area contributed by atoms with Gasteiger partial charge >= 0.3 is 0 Å². The maximum atomic E-state index is 12.1. The molecule has 0 saturated heterocycles. The Bertz CT molecular complexity index is 812. The molecule has 5 nitrogen and oxygen atoms in total. The molecule has 0 spiro atoms. The van der Waals surface area contributed by atoms with Crippen molar-refractivity contribution in [2.24, 2.45) is 0 Å². The van der Waals surface area contributed by atoms with Crippen LogP contribution in [0.5, 0.6) is 5.75 Å². The first-order valence-electron chi connectivity index (χ1n) is 8.25. The molecular weight excluding hydrogens is 338 g/mol. The topological polar surface area (TPSA) is 67.0 Å². The van der Waals surface area contributed by atoms with Gasteiger partial charge in [0.15, 0.2) is 6.10 Å². The number of carbonyl (C=O) groups is 1. The third kappa shape index (κ3) is 4.73. The number of benzene rings is 2. The van der Waals surface area contributed by atoms with E-state index < -0.39 is 6.10 Å². The lowest BCUT2D eigenvalue weighted by molar-refractivity contribution is -0.127. The number of ether oxygens (including phenoxy) is 1. The van der Waals surface area contributed by atoms with E-state index in [4.69, 9.17) is 16.3 Å². The maximum Gasteiger partial charge on any atom is 0.260 e. The quantitative estimate of drug-likeness (QED) is 0.633. The average molecular weight is 358 g/mol. The highest BCUT2D eigenvalue weighted by atomic mass is 35.5. The van der Waals surface area contributed by atoms with Crippen molar-refractivity contribution in [2.75, 3.05) is 6.54 Å². The summed E-state index contributed by atoms with van der Waals surface area (Å²) in [6.45, 7) is 2.30. The number of imidazole rings is 1. The van der Waals surface area contributed by atoms with Crippen LogP contribution in [0.3, 0.4) is 0 Å². The Morgan fingerprint density at radius 1 is 1.24 bits per heavy atom. The highest BCUT2D eigenvalue weighted by Crippen LogP contribution is 2.16. The number of aromatic nitrogens is 2. The standard InChI is InChI=1S/C19H20ClN3O2/c1-13(25-15-10-8-14(20)9-11-15)19(24)21-12-4-7-18-22-16-5-2-3-6-17(16)23-18/h2-3,5-6,8-11,13H,4,7,12H2,1H3,(H,21,24)(H,22,23). The number of aryl methyl sites for hydroxylation is 1. The van der Waals surface area contributed by atoms with Gasteiger partial charge in [0, 0.05) is 18.0 Å². The van der Waals surface area contributed by atoms with E-state index in [0.29, 0.717) is 17.3 Å². The molecule has 2 aromatic carbocycles. The Balaban J connectivity index is 1.41. The van der Waals surface area contributed by atoms with Crippen LogP contribution in [0.25, 0.3) is 11.0 Å². The van der Waals surface area contributed by atoms with Gasteiger partial charge in [-0.3, -0.25) is 4.79 Å². The van der Waals surface area contributed by atoms with E-state index in [9.17, 15) is 4.79 Å².